The van der Waals surface area contributed by atoms with Crippen molar-refractivity contribution in [2.75, 3.05) is 0 Å². The van der Waals surface area contributed by atoms with Gasteiger partial charge in [-0.25, -0.2) is 4.98 Å². The Bertz CT molecular complexity index is 2100. The number of carbonyl (C=O) groups is 1. The summed E-state index contributed by atoms with van der Waals surface area (Å²) in [6.45, 7) is 25.0. The molecule has 0 spiro atoms. The van der Waals surface area contributed by atoms with Crippen LogP contribution in [0.4, 0.5) is 0 Å². The Morgan fingerprint density at radius 1 is 0.945 bits per heavy atom. The van der Waals surface area contributed by atoms with Crippen molar-refractivity contribution in [1.29, 1.82) is 0 Å². The van der Waals surface area contributed by atoms with Crippen molar-refractivity contribution in [2.24, 2.45) is 23.2 Å². The summed E-state index contributed by atoms with van der Waals surface area (Å²) in [7, 11) is -1.68. The quantitative estimate of drug-likeness (QED) is 0.0586. The van der Waals surface area contributed by atoms with Crippen molar-refractivity contribution in [3.05, 3.63) is 77.8 Å². The van der Waals surface area contributed by atoms with E-state index in [1.807, 2.05) is 39.0 Å². The zero-order valence-electron chi connectivity index (χ0n) is 35.4. The fourth-order valence-electron chi connectivity index (χ4n) is 8.96. The van der Waals surface area contributed by atoms with Crippen molar-refractivity contribution in [2.45, 2.75) is 139 Å². The predicted octanol–water partition coefficient (Wildman–Crippen LogP) is 13.9. The van der Waals surface area contributed by atoms with Crippen molar-refractivity contribution >= 4 is 61.5 Å². The number of nitrogens with zero attached hydrogens (tertiary/aromatic N) is 2. The van der Waals surface area contributed by atoms with E-state index in [1.165, 1.54) is 74.1 Å². The maximum atomic E-state index is 11.7. The van der Waals surface area contributed by atoms with Crippen molar-refractivity contribution in [3.8, 4) is 11.3 Å². The van der Waals surface area contributed by atoms with Gasteiger partial charge in [0.15, 0.2) is 5.78 Å². The molecule has 0 amide bonds. The first-order valence-corrected chi connectivity index (χ1v) is 24.7. The number of hydrogen-bond acceptors (Lipinski definition) is 5. The Morgan fingerprint density at radius 3 is 2.20 bits per heavy atom. The summed E-state index contributed by atoms with van der Waals surface area (Å²) in [5.41, 5.74) is 6.70. The van der Waals surface area contributed by atoms with E-state index in [1.54, 1.807) is 11.9 Å². The van der Waals surface area contributed by atoms with Crippen LogP contribution in [-0.2, 0) is 24.9 Å². The number of allylic oxidation sites excluding steroid dienone is 2. The molecule has 2 aromatic heterocycles. The molecule has 1 fully saturated rings. The van der Waals surface area contributed by atoms with E-state index < -0.39 is 8.07 Å². The molecular formula is C48H65IrN2O2SSi-. The number of aryl methyl sites for hydroxylation is 1. The SMILES string of the molecule is CCC(CC)C(=O)/C=C(\O)C(CC)CC.Cc1c(C2CCC(C)(C)CC2)ccc2c1sc1c(-c3[c-]c4ccccc4c([Si](C)(C)CC(C)C)c3)ncnc12.[Ir]. The van der Waals surface area contributed by atoms with Crippen LogP contribution >= 0.6 is 11.3 Å². The second-order valence-electron chi connectivity index (χ2n) is 17.7. The summed E-state index contributed by atoms with van der Waals surface area (Å²) in [5.74, 6) is 1.90. The predicted molar refractivity (Wildman–Crippen MR) is 237 cm³/mol. The van der Waals surface area contributed by atoms with Crippen LogP contribution < -0.4 is 5.19 Å². The number of aromatic nitrogens is 2. The van der Waals surface area contributed by atoms with Gasteiger partial charge in [-0.3, -0.25) is 9.78 Å². The minimum atomic E-state index is -1.68. The molecular weight excluding hydrogens is 889 g/mol. The van der Waals surface area contributed by atoms with E-state index in [4.69, 9.17) is 9.97 Å². The molecule has 0 aliphatic heterocycles. The standard InChI is InChI=1S/C35H41N2SSi.C13H24O2.Ir/c1-22(2)20-39(6,7)30-19-26(18-25-10-8-9-11-28(25)30)31-34-32(37-21-36-31)29-13-12-27(23(3)33(29)38-34)24-14-16-35(4,5)17-15-24;1-5-10(6-2)12(14)9-13(15)11(7-3)8-4;/h8-13,19,21-22,24H,14-17,20H2,1-7H3;9-11,14H,5-8H2,1-4H3;/q-1;;/b;12-9-;. The first kappa shape index (κ1) is 45.0. The zero-order valence-corrected chi connectivity index (χ0v) is 39.6. The summed E-state index contributed by atoms with van der Waals surface area (Å²) in [4.78, 5) is 21.4. The van der Waals surface area contributed by atoms with Gasteiger partial charge in [-0.1, -0.05) is 116 Å². The van der Waals surface area contributed by atoms with Crippen LogP contribution in [0.15, 0.2) is 60.6 Å². The van der Waals surface area contributed by atoms with Gasteiger partial charge < -0.3 is 5.11 Å². The molecule has 1 radical (unpaired) electrons. The van der Waals surface area contributed by atoms with E-state index in [2.05, 4.69) is 96.2 Å². The molecule has 1 aliphatic carbocycles. The van der Waals surface area contributed by atoms with Crippen LogP contribution in [0.1, 0.15) is 124 Å². The Balaban J connectivity index is 0.000000360. The van der Waals surface area contributed by atoms with Crippen LogP contribution in [0, 0.1) is 36.2 Å². The Hall–Kier alpha value is -2.70. The molecule has 1 saturated carbocycles. The number of thiophene rings is 1. The minimum absolute atomic E-state index is 0. The van der Waals surface area contributed by atoms with Crippen molar-refractivity contribution in [1.82, 2.24) is 9.97 Å². The molecule has 55 heavy (non-hydrogen) atoms. The van der Waals surface area contributed by atoms with E-state index in [-0.39, 0.29) is 43.5 Å². The number of aliphatic hydroxyl groups is 1. The van der Waals surface area contributed by atoms with Crippen LogP contribution in [0.2, 0.25) is 19.1 Å². The van der Waals surface area contributed by atoms with Gasteiger partial charge in [-0.15, -0.1) is 40.1 Å². The molecule has 0 atom stereocenters. The number of ketones is 1. The maximum absolute atomic E-state index is 11.7. The van der Waals surface area contributed by atoms with Crippen molar-refractivity contribution < 1.29 is 30.0 Å². The van der Waals surface area contributed by atoms with Crippen LogP contribution in [0.3, 0.4) is 0 Å². The van der Waals surface area contributed by atoms with Crippen LogP contribution in [0.5, 0.6) is 0 Å². The number of rotatable bonds is 12. The van der Waals surface area contributed by atoms with Gasteiger partial charge in [0.1, 0.15) is 6.33 Å². The maximum Gasteiger partial charge on any atom is 0.162 e. The molecule has 6 rings (SSSR count). The largest absolute Gasteiger partial charge is 0.512 e. The van der Waals surface area contributed by atoms with Gasteiger partial charge in [0.25, 0.3) is 0 Å². The third-order valence-corrected chi connectivity index (χ3v) is 17.3. The second-order valence-corrected chi connectivity index (χ2v) is 23.5. The molecule has 7 heteroatoms. The Kier molecular flexibility index (Phi) is 15.7. The third-order valence-electron chi connectivity index (χ3n) is 12.2. The van der Waals surface area contributed by atoms with E-state index in [9.17, 15) is 9.90 Å². The molecule has 4 nitrogen and oxygen atoms in total. The summed E-state index contributed by atoms with van der Waals surface area (Å²) in [6.07, 6.45) is 11.9. The molecule has 299 valence electrons. The zero-order chi connectivity index (χ0) is 39.4. The fraction of sp³-hybridized carbons (Fsp3) is 0.521. The Morgan fingerprint density at radius 2 is 1.58 bits per heavy atom. The number of fused-ring (bicyclic) bond motifs is 4. The number of aliphatic hydroxyl groups excluding tert-OH is 1. The second kappa shape index (κ2) is 19.2. The monoisotopic (exact) mass is 954 g/mol. The van der Waals surface area contributed by atoms with Gasteiger partial charge in [0, 0.05) is 58.5 Å². The van der Waals surface area contributed by atoms with E-state index in [0.29, 0.717) is 17.3 Å². The summed E-state index contributed by atoms with van der Waals surface area (Å²) >= 11 is 1.88. The summed E-state index contributed by atoms with van der Waals surface area (Å²) in [5, 5.41) is 15.1. The average Bonchev–Trinajstić information content (AvgIpc) is 3.52. The summed E-state index contributed by atoms with van der Waals surface area (Å²) in [6, 6.07) is 21.0. The van der Waals surface area contributed by atoms with Gasteiger partial charge in [0.2, 0.25) is 0 Å². The van der Waals surface area contributed by atoms with Gasteiger partial charge in [0.05, 0.1) is 19.3 Å². The molecule has 1 aliphatic rings. The smallest absolute Gasteiger partial charge is 0.162 e. The van der Waals surface area contributed by atoms with Crippen LogP contribution in [0.25, 0.3) is 42.3 Å². The normalized spacial score (nSPS) is 15.2. The van der Waals surface area contributed by atoms with Crippen molar-refractivity contribution in [3.63, 3.8) is 0 Å². The van der Waals surface area contributed by atoms with E-state index >= 15 is 0 Å². The molecule has 0 bridgehead atoms. The fourth-order valence-corrected chi connectivity index (χ4v) is 14.0. The average molecular weight is 954 g/mol. The molecule has 2 heterocycles. The number of benzene rings is 3. The van der Waals surface area contributed by atoms with Gasteiger partial charge in [-0.05, 0) is 86.7 Å². The topological polar surface area (TPSA) is 63.1 Å². The number of carbonyl (C=O) groups excluding carboxylic acids is 1. The minimum Gasteiger partial charge on any atom is -0.512 e. The molecule has 0 saturated heterocycles. The van der Waals surface area contributed by atoms with Gasteiger partial charge in [-0.2, -0.15) is 0 Å². The molecule has 0 unspecified atom stereocenters. The van der Waals surface area contributed by atoms with Gasteiger partial charge >= 0.3 is 0 Å². The molecule has 1 N–H and O–H groups in total. The molecule has 5 aromatic rings. The third kappa shape index (κ3) is 10.2. The first-order valence-electron chi connectivity index (χ1n) is 20.7. The van der Waals surface area contributed by atoms with Crippen LogP contribution in [-0.4, -0.2) is 28.9 Å². The Labute approximate surface area is 350 Å². The first-order chi connectivity index (χ1) is 25.6. The number of hydrogen-bond donors (Lipinski definition) is 1. The molecule has 3 aromatic carbocycles. The van der Waals surface area contributed by atoms with E-state index in [0.717, 1.165) is 42.5 Å². The summed E-state index contributed by atoms with van der Waals surface area (Å²) < 4.78 is 2.57.